The zero-order valence-corrected chi connectivity index (χ0v) is 17.7. The van der Waals surface area contributed by atoms with Crippen molar-refractivity contribution in [3.8, 4) is 11.1 Å². The molecule has 0 fully saturated rings. The number of hydrogen-bond acceptors (Lipinski definition) is 4. The summed E-state index contributed by atoms with van der Waals surface area (Å²) in [7, 11) is 1.36. The van der Waals surface area contributed by atoms with Gasteiger partial charge < -0.3 is 21.5 Å². The van der Waals surface area contributed by atoms with Crippen molar-refractivity contribution in [1.82, 2.24) is 5.32 Å². The zero-order valence-electron chi connectivity index (χ0n) is 16.9. The van der Waals surface area contributed by atoms with Gasteiger partial charge in [-0.3, -0.25) is 10.2 Å². The smallest absolute Gasteiger partial charge is 0.254 e. The van der Waals surface area contributed by atoms with E-state index in [-0.39, 0.29) is 30.4 Å². The van der Waals surface area contributed by atoms with Gasteiger partial charge in [-0.15, -0.1) is 12.4 Å². The summed E-state index contributed by atoms with van der Waals surface area (Å²) in [5.74, 6) is -1.04. The second kappa shape index (κ2) is 10.6. The highest BCUT2D eigenvalue weighted by Gasteiger charge is 2.26. The fourth-order valence-electron chi connectivity index (χ4n) is 3.20. The molecule has 3 aromatic carbocycles. The molecule has 0 aliphatic heterocycles. The molecule has 0 saturated carbocycles. The van der Waals surface area contributed by atoms with Crippen LogP contribution >= 0.6 is 12.4 Å². The largest absolute Gasteiger partial charge is 0.399 e. The van der Waals surface area contributed by atoms with Crippen LogP contribution in [0.4, 0.5) is 10.1 Å². The predicted octanol–water partition coefficient (Wildman–Crippen LogP) is 3.78. The summed E-state index contributed by atoms with van der Waals surface area (Å²) in [4.78, 5) is 12.8. The Morgan fingerprint density at radius 2 is 1.81 bits per heavy atom. The van der Waals surface area contributed by atoms with Crippen LogP contribution in [0.3, 0.4) is 0 Å². The van der Waals surface area contributed by atoms with E-state index in [0.29, 0.717) is 22.4 Å². The Balaban J connectivity index is 0.00000341. The Hall–Kier alpha value is -3.42. The van der Waals surface area contributed by atoms with Gasteiger partial charge in [-0.1, -0.05) is 48.5 Å². The molecule has 3 rings (SSSR count). The Morgan fingerprint density at radius 3 is 2.42 bits per heavy atom. The van der Waals surface area contributed by atoms with E-state index in [1.807, 2.05) is 0 Å². The van der Waals surface area contributed by atoms with Crippen LogP contribution in [-0.4, -0.2) is 18.9 Å². The van der Waals surface area contributed by atoms with E-state index < -0.39 is 17.8 Å². The summed E-state index contributed by atoms with van der Waals surface area (Å²) in [5, 5.41) is 10.2. The third-order valence-corrected chi connectivity index (χ3v) is 4.72. The summed E-state index contributed by atoms with van der Waals surface area (Å²) in [6, 6.07) is 18.6. The summed E-state index contributed by atoms with van der Waals surface area (Å²) in [6.45, 7) is 0.221. The maximum atomic E-state index is 14.8. The second-order valence-corrected chi connectivity index (χ2v) is 6.77. The van der Waals surface area contributed by atoms with Gasteiger partial charge in [-0.25, -0.2) is 4.39 Å². The first-order valence-corrected chi connectivity index (χ1v) is 9.29. The van der Waals surface area contributed by atoms with E-state index in [0.717, 1.165) is 5.56 Å². The van der Waals surface area contributed by atoms with Gasteiger partial charge in [-0.2, -0.15) is 0 Å². The van der Waals surface area contributed by atoms with Crippen LogP contribution in [0.2, 0.25) is 0 Å². The lowest BCUT2D eigenvalue weighted by molar-refractivity contribution is -0.131. The van der Waals surface area contributed by atoms with Gasteiger partial charge in [0.25, 0.3) is 5.91 Å². The fourth-order valence-corrected chi connectivity index (χ4v) is 3.20. The monoisotopic (exact) mass is 442 g/mol. The molecular formula is C23H24ClFN4O2. The van der Waals surface area contributed by atoms with Crippen molar-refractivity contribution in [2.45, 2.75) is 12.6 Å². The number of ether oxygens (including phenoxy) is 1. The molecule has 162 valence electrons. The normalized spacial score (nSPS) is 11.3. The number of amides is 1. The van der Waals surface area contributed by atoms with Crippen molar-refractivity contribution in [2.24, 2.45) is 5.73 Å². The number of benzene rings is 3. The molecule has 0 aliphatic rings. The number of methoxy groups -OCH3 is 1. The average molecular weight is 443 g/mol. The average Bonchev–Trinajstić information content (AvgIpc) is 2.74. The predicted molar refractivity (Wildman–Crippen MR) is 123 cm³/mol. The van der Waals surface area contributed by atoms with Gasteiger partial charge >= 0.3 is 0 Å². The Labute approximate surface area is 186 Å². The number of anilines is 1. The van der Waals surface area contributed by atoms with Crippen molar-refractivity contribution in [3.05, 3.63) is 89.2 Å². The van der Waals surface area contributed by atoms with E-state index in [9.17, 15) is 9.18 Å². The van der Waals surface area contributed by atoms with Crippen LogP contribution in [0.15, 0.2) is 66.7 Å². The molecule has 0 radical (unpaired) electrons. The topological polar surface area (TPSA) is 114 Å². The third kappa shape index (κ3) is 5.59. The third-order valence-electron chi connectivity index (χ3n) is 4.72. The van der Waals surface area contributed by atoms with Crippen molar-refractivity contribution in [3.63, 3.8) is 0 Å². The van der Waals surface area contributed by atoms with Crippen molar-refractivity contribution >= 4 is 29.8 Å². The molecule has 1 amide bonds. The van der Waals surface area contributed by atoms with Crippen LogP contribution in [-0.2, 0) is 16.1 Å². The number of hydrogen-bond donors (Lipinski definition) is 4. The summed E-state index contributed by atoms with van der Waals surface area (Å²) < 4.78 is 20.2. The van der Waals surface area contributed by atoms with Crippen LogP contribution in [0.5, 0.6) is 0 Å². The van der Waals surface area contributed by atoms with Crippen molar-refractivity contribution < 1.29 is 13.9 Å². The SMILES string of the molecule is CO[C@H](C(=O)NCc1ccc(C(=N)N)cc1)c1c(F)cccc1-c1cccc(N)c1.Cl. The molecule has 31 heavy (non-hydrogen) atoms. The number of carbonyl (C=O) groups is 1. The first kappa shape index (κ1) is 23.9. The molecule has 0 aliphatic carbocycles. The minimum absolute atomic E-state index is 0. The van der Waals surface area contributed by atoms with Gasteiger partial charge in [0.05, 0.1) is 0 Å². The molecule has 0 heterocycles. The van der Waals surface area contributed by atoms with Crippen molar-refractivity contribution in [2.75, 3.05) is 12.8 Å². The highest BCUT2D eigenvalue weighted by Crippen LogP contribution is 2.33. The first-order chi connectivity index (χ1) is 14.4. The summed E-state index contributed by atoms with van der Waals surface area (Å²) in [5.41, 5.74) is 14.6. The minimum Gasteiger partial charge on any atom is -0.399 e. The number of nitrogen functional groups attached to an aromatic ring is 2. The minimum atomic E-state index is -1.14. The molecule has 0 aromatic heterocycles. The van der Waals surface area contributed by atoms with E-state index >= 15 is 0 Å². The number of nitrogens with two attached hydrogens (primary N) is 2. The van der Waals surface area contributed by atoms with Crippen LogP contribution < -0.4 is 16.8 Å². The summed E-state index contributed by atoms with van der Waals surface area (Å²) >= 11 is 0. The number of rotatable bonds is 7. The highest BCUT2D eigenvalue weighted by molar-refractivity contribution is 5.94. The quantitative estimate of drug-likeness (QED) is 0.253. The standard InChI is InChI=1S/C23H23FN4O2.ClH/c1-30-21(23(29)28-13-14-8-10-15(11-9-14)22(26)27)20-18(6-3-7-19(20)24)16-4-2-5-17(25)12-16;/h2-12,21H,13,25H2,1H3,(H3,26,27)(H,28,29);1H/t21-;/m0./s1. The second-order valence-electron chi connectivity index (χ2n) is 6.77. The number of amidine groups is 1. The maximum absolute atomic E-state index is 14.8. The fraction of sp³-hybridized carbons (Fsp3) is 0.130. The van der Waals surface area contributed by atoms with Crippen LogP contribution in [0, 0.1) is 11.2 Å². The van der Waals surface area contributed by atoms with Gasteiger partial charge in [0, 0.05) is 30.5 Å². The lowest BCUT2D eigenvalue weighted by Gasteiger charge is -2.20. The number of carbonyl (C=O) groups excluding carboxylic acids is 1. The van der Waals surface area contributed by atoms with Gasteiger partial charge in [0.2, 0.25) is 0 Å². The van der Waals surface area contributed by atoms with E-state index in [1.165, 1.54) is 13.2 Å². The van der Waals surface area contributed by atoms with Gasteiger partial charge in [-0.05, 0) is 34.9 Å². The molecule has 0 bridgehead atoms. The van der Waals surface area contributed by atoms with E-state index in [1.54, 1.807) is 60.7 Å². The van der Waals surface area contributed by atoms with E-state index in [4.69, 9.17) is 21.6 Å². The Morgan fingerprint density at radius 1 is 1.13 bits per heavy atom. The maximum Gasteiger partial charge on any atom is 0.254 e. The molecule has 0 unspecified atom stereocenters. The van der Waals surface area contributed by atoms with Crippen molar-refractivity contribution in [1.29, 1.82) is 5.41 Å². The van der Waals surface area contributed by atoms with E-state index in [2.05, 4.69) is 5.32 Å². The van der Waals surface area contributed by atoms with Crippen LogP contribution in [0.25, 0.3) is 11.1 Å². The Bertz CT molecular complexity index is 1070. The molecule has 6 nitrogen and oxygen atoms in total. The molecule has 0 spiro atoms. The zero-order chi connectivity index (χ0) is 21.7. The van der Waals surface area contributed by atoms with Crippen LogP contribution in [0.1, 0.15) is 22.8 Å². The van der Waals surface area contributed by atoms with Gasteiger partial charge in [0.15, 0.2) is 6.10 Å². The van der Waals surface area contributed by atoms with Gasteiger partial charge in [0.1, 0.15) is 11.7 Å². The lowest BCUT2D eigenvalue weighted by Crippen LogP contribution is -2.31. The lowest BCUT2D eigenvalue weighted by atomic mass is 9.94. The molecular weight excluding hydrogens is 419 g/mol. The first-order valence-electron chi connectivity index (χ1n) is 9.29. The molecule has 8 heteroatoms. The summed E-state index contributed by atoms with van der Waals surface area (Å²) in [6.07, 6.45) is -1.14. The molecule has 6 N–H and O–H groups in total. The molecule has 3 aromatic rings. The number of halogens is 2. The molecule has 1 atom stereocenters. The molecule has 0 saturated heterocycles. The highest BCUT2D eigenvalue weighted by atomic mass is 35.5. The number of nitrogens with one attached hydrogen (secondary N) is 2. The Kier molecular flexibility index (Phi) is 8.13.